The highest BCUT2D eigenvalue weighted by atomic mass is 35.5. The molecule has 120 valence electrons. The van der Waals surface area contributed by atoms with E-state index in [1.54, 1.807) is 0 Å². The molecule has 1 aliphatic rings. The minimum atomic E-state index is -0.546. The van der Waals surface area contributed by atoms with Gasteiger partial charge in [-0.25, -0.2) is 0 Å². The molecule has 1 aliphatic heterocycles. The van der Waals surface area contributed by atoms with E-state index in [4.69, 9.17) is 25.8 Å². The van der Waals surface area contributed by atoms with Gasteiger partial charge in [0.05, 0.1) is 16.6 Å². The van der Waals surface area contributed by atoms with Crippen molar-refractivity contribution in [2.75, 3.05) is 13.2 Å². The Bertz CT molecular complexity index is 703. The summed E-state index contributed by atoms with van der Waals surface area (Å²) in [6.07, 6.45) is -0.000954. The maximum atomic E-state index is 11.4. The van der Waals surface area contributed by atoms with E-state index < -0.39 is 4.92 Å². The number of nitrogens with zero attached hydrogens (tertiary/aromatic N) is 1. The number of hydrogen-bond donors (Lipinski definition) is 0. The topological polar surface area (TPSA) is 74.1 Å². The van der Waals surface area contributed by atoms with Crippen molar-refractivity contribution in [1.29, 1.82) is 0 Å². The van der Waals surface area contributed by atoms with Crippen molar-refractivity contribution in [2.45, 2.75) is 12.7 Å². The van der Waals surface area contributed by atoms with Crippen LogP contribution in [0.2, 0.25) is 5.02 Å². The average molecular weight is 336 g/mol. The van der Waals surface area contributed by atoms with Gasteiger partial charge < -0.3 is 14.2 Å². The largest absolute Gasteiger partial charge is 0.484 e. The molecule has 2 aromatic rings. The van der Waals surface area contributed by atoms with Gasteiger partial charge in [0.15, 0.2) is 0 Å². The SMILES string of the molecule is O=[N+]([O-])c1c(OC[C@H]2CO2)ccc(Cl)c1OCc1ccccc1. The molecule has 0 aromatic heterocycles. The van der Waals surface area contributed by atoms with E-state index in [-0.39, 0.29) is 41.5 Å². The summed E-state index contributed by atoms with van der Waals surface area (Å²) in [7, 11) is 0. The van der Waals surface area contributed by atoms with Gasteiger partial charge in [-0.15, -0.1) is 0 Å². The fourth-order valence-electron chi connectivity index (χ4n) is 2.03. The maximum absolute atomic E-state index is 11.4. The second-order valence-corrected chi connectivity index (χ2v) is 5.43. The molecule has 0 bridgehead atoms. The molecule has 0 aliphatic carbocycles. The molecule has 1 atom stereocenters. The van der Waals surface area contributed by atoms with E-state index in [9.17, 15) is 10.1 Å². The molecule has 7 heteroatoms. The van der Waals surface area contributed by atoms with Gasteiger partial charge in [-0.05, 0) is 17.7 Å². The zero-order valence-corrected chi connectivity index (χ0v) is 12.9. The first kappa shape index (κ1) is 15.6. The van der Waals surface area contributed by atoms with Gasteiger partial charge in [-0.3, -0.25) is 10.1 Å². The Morgan fingerprint density at radius 2 is 1.96 bits per heavy atom. The van der Waals surface area contributed by atoms with E-state index in [0.717, 1.165) is 5.56 Å². The molecule has 1 heterocycles. The van der Waals surface area contributed by atoms with Gasteiger partial charge in [0.2, 0.25) is 11.5 Å². The third kappa shape index (κ3) is 3.91. The summed E-state index contributed by atoms with van der Waals surface area (Å²) >= 11 is 6.08. The van der Waals surface area contributed by atoms with Crippen LogP contribution in [0.5, 0.6) is 11.5 Å². The molecule has 0 radical (unpaired) electrons. The van der Waals surface area contributed by atoms with Crippen LogP contribution >= 0.6 is 11.6 Å². The number of halogens is 1. The third-order valence-electron chi connectivity index (χ3n) is 3.28. The summed E-state index contributed by atoms with van der Waals surface area (Å²) in [6, 6.07) is 12.3. The lowest BCUT2D eigenvalue weighted by Gasteiger charge is -2.12. The smallest absolute Gasteiger partial charge is 0.353 e. The standard InChI is InChI=1S/C16H14ClNO5/c17-13-6-7-14(22-10-12-9-21-12)15(18(19)20)16(13)23-8-11-4-2-1-3-5-11/h1-7,12H,8-10H2/t12-/m1/s1. The Morgan fingerprint density at radius 1 is 1.22 bits per heavy atom. The molecule has 0 saturated carbocycles. The van der Waals surface area contributed by atoms with Crippen molar-refractivity contribution < 1.29 is 19.1 Å². The molecule has 0 N–H and O–H groups in total. The molecule has 23 heavy (non-hydrogen) atoms. The zero-order valence-electron chi connectivity index (χ0n) is 12.1. The average Bonchev–Trinajstić information content (AvgIpc) is 3.37. The normalized spacial score (nSPS) is 16.0. The maximum Gasteiger partial charge on any atom is 0.353 e. The number of nitro benzene ring substituents is 1. The van der Waals surface area contributed by atoms with E-state index in [2.05, 4.69) is 0 Å². The van der Waals surface area contributed by atoms with Gasteiger partial charge in [0, 0.05) is 0 Å². The van der Waals surface area contributed by atoms with E-state index >= 15 is 0 Å². The van der Waals surface area contributed by atoms with E-state index in [0.29, 0.717) is 6.61 Å². The van der Waals surface area contributed by atoms with Gasteiger partial charge in [-0.2, -0.15) is 0 Å². The second kappa shape index (κ2) is 6.85. The molecule has 1 fully saturated rings. The summed E-state index contributed by atoms with van der Waals surface area (Å²) in [5.74, 6) is 0.132. The van der Waals surface area contributed by atoms with Crippen LogP contribution in [0.4, 0.5) is 5.69 Å². The van der Waals surface area contributed by atoms with Gasteiger partial charge in [0.1, 0.15) is 19.3 Å². The summed E-state index contributed by atoms with van der Waals surface area (Å²) in [5.41, 5.74) is 0.615. The molecule has 0 amide bonds. The predicted molar refractivity (Wildman–Crippen MR) is 84.1 cm³/mol. The lowest BCUT2D eigenvalue weighted by atomic mass is 10.2. The molecule has 3 rings (SSSR count). The first-order valence-corrected chi connectivity index (χ1v) is 7.41. The second-order valence-electron chi connectivity index (χ2n) is 5.02. The van der Waals surface area contributed by atoms with Crippen LogP contribution in [0.15, 0.2) is 42.5 Å². The van der Waals surface area contributed by atoms with Crippen molar-refractivity contribution in [3.63, 3.8) is 0 Å². The first-order chi connectivity index (χ1) is 11.1. The Labute approximate surface area is 137 Å². The molecule has 2 aromatic carbocycles. The summed E-state index contributed by atoms with van der Waals surface area (Å²) in [5, 5.41) is 11.6. The number of epoxide rings is 1. The van der Waals surface area contributed by atoms with Crippen LogP contribution in [0.3, 0.4) is 0 Å². The number of ether oxygens (including phenoxy) is 3. The van der Waals surface area contributed by atoms with Crippen molar-refractivity contribution in [2.24, 2.45) is 0 Å². The first-order valence-electron chi connectivity index (χ1n) is 7.03. The van der Waals surface area contributed by atoms with Crippen LogP contribution in [-0.4, -0.2) is 24.2 Å². The monoisotopic (exact) mass is 335 g/mol. The fourth-order valence-corrected chi connectivity index (χ4v) is 2.24. The molecule has 1 saturated heterocycles. The van der Waals surface area contributed by atoms with Crippen molar-refractivity contribution >= 4 is 17.3 Å². The van der Waals surface area contributed by atoms with Crippen LogP contribution < -0.4 is 9.47 Å². The zero-order chi connectivity index (χ0) is 16.2. The van der Waals surface area contributed by atoms with Crippen molar-refractivity contribution in [1.82, 2.24) is 0 Å². The Hall–Kier alpha value is -2.31. The van der Waals surface area contributed by atoms with Gasteiger partial charge in [0.25, 0.3) is 0 Å². The molecular formula is C16H14ClNO5. The van der Waals surface area contributed by atoms with E-state index in [1.165, 1.54) is 12.1 Å². The van der Waals surface area contributed by atoms with Crippen molar-refractivity contribution in [3.05, 3.63) is 63.2 Å². The van der Waals surface area contributed by atoms with Crippen LogP contribution in [0.25, 0.3) is 0 Å². The third-order valence-corrected chi connectivity index (χ3v) is 3.58. The number of hydrogen-bond acceptors (Lipinski definition) is 5. The number of nitro groups is 1. The van der Waals surface area contributed by atoms with Crippen molar-refractivity contribution in [3.8, 4) is 11.5 Å². The van der Waals surface area contributed by atoms with Gasteiger partial charge >= 0.3 is 5.69 Å². The minimum Gasteiger partial charge on any atom is -0.484 e. The quantitative estimate of drug-likeness (QED) is 0.439. The Kier molecular flexibility index (Phi) is 4.64. The highest BCUT2D eigenvalue weighted by Crippen LogP contribution is 2.42. The summed E-state index contributed by atoms with van der Waals surface area (Å²) in [6.45, 7) is 1.05. The Balaban J connectivity index is 1.83. The lowest BCUT2D eigenvalue weighted by Crippen LogP contribution is -2.07. The summed E-state index contributed by atoms with van der Waals surface area (Å²) in [4.78, 5) is 10.9. The molecule has 0 spiro atoms. The van der Waals surface area contributed by atoms with E-state index in [1.807, 2.05) is 30.3 Å². The molecule has 6 nitrogen and oxygen atoms in total. The predicted octanol–water partition coefficient (Wildman–Crippen LogP) is 3.60. The van der Waals surface area contributed by atoms with Crippen LogP contribution in [0, 0.1) is 10.1 Å². The van der Waals surface area contributed by atoms with Crippen LogP contribution in [-0.2, 0) is 11.3 Å². The lowest BCUT2D eigenvalue weighted by molar-refractivity contribution is -0.386. The highest BCUT2D eigenvalue weighted by Gasteiger charge is 2.29. The van der Waals surface area contributed by atoms with Crippen LogP contribution in [0.1, 0.15) is 5.56 Å². The van der Waals surface area contributed by atoms with Gasteiger partial charge in [-0.1, -0.05) is 41.9 Å². The number of rotatable bonds is 7. The minimum absolute atomic E-state index is 0.000954. The summed E-state index contributed by atoms with van der Waals surface area (Å²) < 4.78 is 16.1. The highest BCUT2D eigenvalue weighted by molar-refractivity contribution is 6.32. The molecule has 0 unspecified atom stereocenters. The molecular weight excluding hydrogens is 322 g/mol. The fraction of sp³-hybridized carbons (Fsp3) is 0.250. The Morgan fingerprint density at radius 3 is 2.61 bits per heavy atom. The number of benzene rings is 2.